The number of benzene rings is 2. The number of amides is 3. The molecule has 0 radical (unpaired) electrons. The molecule has 0 aliphatic carbocycles. The lowest BCUT2D eigenvalue weighted by molar-refractivity contribution is -0.137. The predicted molar refractivity (Wildman–Crippen MR) is 122 cm³/mol. The quantitative estimate of drug-likeness (QED) is 0.379. The van der Waals surface area contributed by atoms with Gasteiger partial charge in [0.1, 0.15) is 18.1 Å². The third kappa shape index (κ3) is 7.33. The van der Waals surface area contributed by atoms with Crippen molar-refractivity contribution < 1.29 is 31.6 Å². The van der Waals surface area contributed by atoms with Gasteiger partial charge in [-0.25, -0.2) is 9.18 Å². The summed E-state index contributed by atoms with van der Waals surface area (Å²) in [4.78, 5) is 28.7. The molecule has 0 aliphatic heterocycles. The molecule has 3 rings (SSSR count). The van der Waals surface area contributed by atoms with Gasteiger partial charge in [-0.05, 0) is 48.4 Å². The molecule has 0 unspecified atom stereocenters. The number of urea groups is 1. The van der Waals surface area contributed by atoms with Crippen molar-refractivity contribution in [3.05, 3.63) is 89.6 Å². The smallest absolute Gasteiger partial charge is 0.418 e. The highest BCUT2D eigenvalue weighted by Crippen LogP contribution is 2.34. The van der Waals surface area contributed by atoms with E-state index < -0.39 is 35.2 Å². The molecule has 186 valence electrons. The largest absolute Gasteiger partial charge is 0.467 e. The first-order valence-corrected chi connectivity index (χ1v) is 10.9. The van der Waals surface area contributed by atoms with Gasteiger partial charge in [0.05, 0.1) is 24.1 Å². The van der Waals surface area contributed by atoms with Crippen LogP contribution in [0.25, 0.3) is 0 Å². The van der Waals surface area contributed by atoms with Gasteiger partial charge in [0.15, 0.2) is 0 Å². The lowest BCUT2D eigenvalue weighted by Gasteiger charge is -2.27. The maximum Gasteiger partial charge on any atom is 0.418 e. The molecule has 0 bridgehead atoms. The van der Waals surface area contributed by atoms with Crippen LogP contribution >= 0.6 is 0 Å². The summed E-state index contributed by atoms with van der Waals surface area (Å²) in [5.74, 6) is -0.355. The molecule has 0 atom stereocenters. The third-order valence-electron chi connectivity index (χ3n) is 5.15. The standard InChI is InChI=1S/C25H25F4N3O3/c1-2-13-31(24(34)30-22-8-4-3-7-21(22)25(27,28)29)17-23(33)32(16-20-6-5-14-35-20)15-18-9-11-19(26)12-10-18/h3-12,14H,2,13,15-17H2,1H3,(H,30,34). The second-order valence-electron chi connectivity index (χ2n) is 7.85. The molecule has 1 N–H and O–H groups in total. The van der Waals surface area contributed by atoms with E-state index in [0.29, 0.717) is 17.7 Å². The van der Waals surface area contributed by atoms with E-state index in [1.54, 1.807) is 31.2 Å². The number of para-hydroxylation sites is 1. The number of rotatable bonds is 9. The van der Waals surface area contributed by atoms with Crippen LogP contribution in [0, 0.1) is 5.82 Å². The minimum Gasteiger partial charge on any atom is -0.467 e. The summed E-state index contributed by atoms with van der Waals surface area (Å²) in [7, 11) is 0. The number of anilines is 1. The number of alkyl halides is 3. The number of hydrogen-bond donors (Lipinski definition) is 1. The van der Waals surface area contributed by atoms with Crippen molar-refractivity contribution in [3.8, 4) is 0 Å². The van der Waals surface area contributed by atoms with Crippen LogP contribution in [0.5, 0.6) is 0 Å². The number of furan rings is 1. The van der Waals surface area contributed by atoms with E-state index in [2.05, 4.69) is 5.32 Å². The van der Waals surface area contributed by atoms with Crippen molar-refractivity contribution in [2.75, 3.05) is 18.4 Å². The van der Waals surface area contributed by atoms with Crippen molar-refractivity contribution in [1.82, 2.24) is 9.80 Å². The summed E-state index contributed by atoms with van der Waals surface area (Å²) in [6.45, 7) is 1.79. The van der Waals surface area contributed by atoms with Crippen LogP contribution in [0.2, 0.25) is 0 Å². The van der Waals surface area contributed by atoms with E-state index in [9.17, 15) is 27.2 Å². The van der Waals surface area contributed by atoms with Crippen molar-refractivity contribution in [3.63, 3.8) is 0 Å². The predicted octanol–water partition coefficient (Wildman–Crippen LogP) is 5.91. The van der Waals surface area contributed by atoms with E-state index in [-0.39, 0.29) is 26.2 Å². The van der Waals surface area contributed by atoms with Gasteiger partial charge in [-0.1, -0.05) is 31.2 Å². The fraction of sp³-hybridized carbons (Fsp3) is 0.280. The number of carbonyl (C=O) groups is 2. The molecule has 3 amide bonds. The summed E-state index contributed by atoms with van der Waals surface area (Å²) >= 11 is 0. The Labute approximate surface area is 200 Å². The zero-order valence-corrected chi connectivity index (χ0v) is 19.0. The maximum atomic E-state index is 13.3. The van der Waals surface area contributed by atoms with Gasteiger partial charge < -0.3 is 19.5 Å². The Bertz CT molecular complexity index is 1120. The average molecular weight is 491 g/mol. The van der Waals surface area contributed by atoms with Crippen molar-refractivity contribution >= 4 is 17.6 Å². The van der Waals surface area contributed by atoms with Crippen LogP contribution in [-0.4, -0.2) is 34.8 Å². The highest BCUT2D eigenvalue weighted by molar-refractivity contribution is 5.93. The second-order valence-corrected chi connectivity index (χ2v) is 7.85. The van der Waals surface area contributed by atoms with E-state index in [1.807, 2.05) is 0 Å². The first kappa shape index (κ1) is 25.8. The Kier molecular flexibility index (Phi) is 8.51. The third-order valence-corrected chi connectivity index (χ3v) is 5.15. The minimum absolute atomic E-state index is 0.0989. The second kappa shape index (κ2) is 11.5. The summed E-state index contributed by atoms with van der Waals surface area (Å²) in [6, 6.07) is 12.8. The Morgan fingerprint density at radius 2 is 1.66 bits per heavy atom. The van der Waals surface area contributed by atoms with Gasteiger partial charge in [0.25, 0.3) is 0 Å². The summed E-state index contributed by atoms with van der Waals surface area (Å²) in [5.41, 5.74) is -0.707. The number of hydrogen-bond acceptors (Lipinski definition) is 3. The molecule has 0 saturated carbocycles. The normalized spacial score (nSPS) is 11.2. The van der Waals surface area contributed by atoms with E-state index >= 15 is 0 Å². The zero-order valence-electron chi connectivity index (χ0n) is 19.0. The number of halogens is 4. The zero-order chi connectivity index (χ0) is 25.4. The van der Waals surface area contributed by atoms with Crippen molar-refractivity contribution in [1.29, 1.82) is 0 Å². The Morgan fingerprint density at radius 3 is 2.29 bits per heavy atom. The van der Waals surface area contributed by atoms with Crippen molar-refractivity contribution in [2.24, 2.45) is 0 Å². The molecule has 1 heterocycles. The van der Waals surface area contributed by atoms with Crippen LogP contribution < -0.4 is 5.32 Å². The first-order valence-electron chi connectivity index (χ1n) is 10.9. The van der Waals surface area contributed by atoms with Gasteiger partial charge in [-0.2, -0.15) is 13.2 Å². The average Bonchev–Trinajstić information content (AvgIpc) is 3.32. The van der Waals surface area contributed by atoms with Crippen LogP contribution in [-0.2, 0) is 24.1 Å². The molecular weight excluding hydrogens is 466 g/mol. The topological polar surface area (TPSA) is 65.8 Å². The molecular formula is C25H25F4N3O3. The molecule has 3 aromatic rings. The van der Waals surface area contributed by atoms with Gasteiger partial charge in [-0.3, -0.25) is 4.79 Å². The summed E-state index contributed by atoms with van der Waals surface area (Å²) < 4.78 is 58.6. The van der Waals surface area contributed by atoms with E-state index in [1.165, 1.54) is 35.4 Å². The van der Waals surface area contributed by atoms with Crippen LogP contribution in [0.4, 0.5) is 28.0 Å². The van der Waals surface area contributed by atoms with E-state index in [0.717, 1.165) is 17.0 Å². The molecule has 0 saturated heterocycles. The van der Waals surface area contributed by atoms with Gasteiger partial charge >= 0.3 is 12.2 Å². The summed E-state index contributed by atoms with van der Waals surface area (Å²) in [6.07, 6.45) is -2.70. The van der Waals surface area contributed by atoms with E-state index in [4.69, 9.17) is 4.42 Å². The lowest BCUT2D eigenvalue weighted by atomic mass is 10.1. The van der Waals surface area contributed by atoms with Crippen LogP contribution in [0.3, 0.4) is 0 Å². The van der Waals surface area contributed by atoms with Gasteiger partial charge in [-0.15, -0.1) is 0 Å². The number of carbonyl (C=O) groups excluding carboxylic acids is 2. The Hall–Kier alpha value is -3.82. The maximum absolute atomic E-state index is 13.3. The van der Waals surface area contributed by atoms with Gasteiger partial charge in [0.2, 0.25) is 5.91 Å². The van der Waals surface area contributed by atoms with Crippen molar-refractivity contribution in [2.45, 2.75) is 32.6 Å². The molecule has 6 nitrogen and oxygen atoms in total. The molecule has 1 aromatic heterocycles. The van der Waals surface area contributed by atoms with Crippen LogP contribution in [0.15, 0.2) is 71.3 Å². The Balaban J connectivity index is 1.77. The lowest BCUT2D eigenvalue weighted by Crippen LogP contribution is -2.44. The number of nitrogens with one attached hydrogen (secondary N) is 1. The fourth-order valence-corrected chi connectivity index (χ4v) is 3.45. The van der Waals surface area contributed by atoms with Crippen LogP contribution in [0.1, 0.15) is 30.2 Å². The first-order chi connectivity index (χ1) is 16.7. The fourth-order valence-electron chi connectivity index (χ4n) is 3.45. The SMILES string of the molecule is CCCN(CC(=O)N(Cc1ccc(F)cc1)Cc1ccco1)C(=O)Nc1ccccc1C(F)(F)F. The monoisotopic (exact) mass is 491 g/mol. The molecule has 2 aromatic carbocycles. The highest BCUT2D eigenvalue weighted by Gasteiger charge is 2.34. The summed E-state index contributed by atoms with van der Waals surface area (Å²) in [5, 5.41) is 2.28. The highest BCUT2D eigenvalue weighted by atomic mass is 19.4. The van der Waals surface area contributed by atoms with Gasteiger partial charge in [0, 0.05) is 13.1 Å². The molecule has 10 heteroatoms. The minimum atomic E-state index is -4.65. The Morgan fingerprint density at radius 1 is 0.943 bits per heavy atom. The number of nitrogens with zero attached hydrogens (tertiary/aromatic N) is 2. The molecule has 0 aliphatic rings. The molecule has 0 fully saturated rings. The molecule has 0 spiro atoms. The molecule has 35 heavy (non-hydrogen) atoms.